The number of ether oxygens (including phenoxy) is 1. The van der Waals surface area contributed by atoms with Crippen LogP contribution in [0.15, 0.2) is 0 Å². The van der Waals surface area contributed by atoms with E-state index >= 15 is 0 Å². The quantitative estimate of drug-likeness (QED) is 0.516. The molecule has 1 heterocycles. The van der Waals surface area contributed by atoms with Crippen molar-refractivity contribution in [3.8, 4) is 0 Å². The molecule has 0 aromatic carbocycles. The van der Waals surface area contributed by atoms with Gasteiger partial charge in [0.25, 0.3) is 0 Å². The molecular weight excluding hydrogens is 252 g/mol. The number of carbonyl (C=O) groups is 1. The lowest BCUT2D eigenvalue weighted by atomic mass is 9.87. The van der Waals surface area contributed by atoms with Crippen LogP contribution in [0, 0.1) is 11.8 Å². The van der Waals surface area contributed by atoms with Crippen LogP contribution in [0.4, 0.5) is 0 Å². The summed E-state index contributed by atoms with van der Waals surface area (Å²) in [5.74, 6) is 0.529. The number of hydrogen-bond acceptors (Lipinski definition) is 3. The normalized spacial score (nSPS) is 32.4. The molecule has 1 saturated heterocycles. The SMILES string of the molecule is CCCCCCCCCC[C@H]1[C@H](O)CC2OC(=O)C[C@@H]21. The molecule has 0 amide bonds. The van der Waals surface area contributed by atoms with Crippen LogP contribution in [0.1, 0.15) is 77.6 Å². The number of rotatable bonds is 9. The van der Waals surface area contributed by atoms with E-state index in [4.69, 9.17) is 4.74 Å². The van der Waals surface area contributed by atoms with Crippen LogP contribution in [-0.2, 0) is 9.53 Å². The van der Waals surface area contributed by atoms with Crippen molar-refractivity contribution in [1.29, 1.82) is 0 Å². The first kappa shape index (κ1) is 15.8. The van der Waals surface area contributed by atoms with Gasteiger partial charge in [0, 0.05) is 12.3 Å². The van der Waals surface area contributed by atoms with Crippen molar-refractivity contribution < 1.29 is 14.6 Å². The molecule has 116 valence electrons. The number of carbonyl (C=O) groups excluding carboxylic acids is 1. The summed E-state index contributed by atoms with van der Waals surface area (Å²) in [6.45, 7) is 2.25. The van der Waals surface area contributed by atoms with Crippen molar-refractivity contribution in [3.05, 3.63) is 0 Å². The molecule has 3 nitrogen and oxygen atoms in total. The summed E-state index contributed by atoms with van der Waals surface area (Å²) in [7, 11) is 0. The van der Waals surface area contributed by atoms with Gasteiger partial charge in [-0.1, -0.05) is 58.3 Å². The first-order chi connectivity index (χ1) is 9.72. The minimum absolute atomic E-state index is 0.0107. The molecular formula is C17H30O3. The van der Waals surface area contributed by atoms with E-state index in [1.165, 1.54) is 51.4 Å². The van der Waals surface area contributed by atoms with Gasteiger partial charge in [-0.2, -0.15) is 0 Å². The molecule has 2 aliphatic rings. The predicted octanol–water partition coefficient (Wildman–Crippen LogP) is 3.83. The van der Waals surface area contributed by atoms with Gasteiger partial charge in [0.1, 0.15) is 6.10 Å². The first-order valence-corrected chi connectivity index (χ1v) is 8.60. The van der Waals surface area contributed by atoms with Crippen molar-refractivity contribution >= 4 is 5.97 Å². The van der Waals surface area contributed by atoms with Gasteiger partial charge in [0.15, 0.2) is 0 Å². The summed E-state index contributed by atoms with van der Waals surface area (Å²) >= 11 is 0. The van der Waals surface area contributed by atoms with Gasteiger partial charge in [0.2, 0.25) is 0 Å². The summed E-state index contributed by atoms with van der Waals surface area (Å²) in [5.41, 5.74) is 0. The van der Waals surface area contributed by atoms with E-state index in [-0.39, 0.29) is 18.2 Å². The molecule has 1 aliphatic heterocycles. The summed E-state index contributed by atoms with van der Waals surface area (Å²) in [6.07, 6.45) is 12.6. The highest BCUT2D eigenvalue weighted by molar-refractivity contribution is 5.72. The number of aliphatic hydroxyl groups is 1. The van der Waals surface area contributed by atoms with Gasteiger partial charge < -0.3 is 9.84 Å². The van der Waals surface area contributed by atoms with E-state index in [2.05, 4.69) is 6.92 Å². The number of esters is 1. The van der Waals surface area contributed by atoms with Gasteiger partial charge in [-0.3, -0.25) is 4.79 Å². The van der Waals surface area contributed by atoms with Gasteiger partial charge >= 0.3 is 5.97 Å². The molecule has 0 radical (unpaired) electrons. The smallest absolute Gasteiger partial charge is 0.306 e. The average molecular weight is 282 g/mol. The second kappa shape index (κ2) is 8.02. The van der Waals surface area contributed by atoms with Crippen molar-refractivity contribution in [2.24, 2.45) is 11.8 Å². The molecule has 2 fully saturated rings. The zero-order chi connectivity index (χ0) is 14.4. The van der Waals surface area contributed by atoms with Gasteiger partial charge in [-0.15, -0.1) is 0 Å². The van der Waals surface area contributed by atoms with Crippen molar-refractivity contribution in [2.75, 3.05) is 0 Å². The van der Waals surface area contributed by atoms with E-state index in [1.54, 1.807) is 0 Å². The molecule has 1 saturated carbocycles. The molecule has 0 aromatic heterocycles. The Kier molecular flexibility index (Phi) is 6.34. The second-order valence-corrected chi connectivity index (χ2v) is 6.63. The van der Waals surface area contributed by atoms with Crippen molar-refractivity contribution in [3.63, 3.8) is 0 Å². The van der Waals surface area contributed by atoms with Crippen LogP contribution in [0.5, 0.6) is 0 Å². The van der Waals surface area contributed by atoms with Crippen LogP contribution in [0.2, 0.25) is 0 Å². The fourth-order valence-electron chi connectivity index (χ4n) is 3.90. The number of aliphatic hydroxyl groups excluding tert-OH is 1. The molecule has 4 atom stereocenters. The Bertz CT molecular complexity index is 303. The topological polar surface area (TPSA) is 46.5 Å². The highest BCUT2D eigenvalue weighted by Crippen LogP contribution is 2.43. The van der Waals surface area contributed by atoms with Crippen LogP contribution in [0.25, 0.3) is 0 Å². The fraction of sp³-hybridized carbons (Fsp3) is 0.941. The average Bonchev–Trinajstić information content (AvgIpc) is 2.89. The molecule has 2 rings (SSSR count). The summed E-state index contributed by atoms with van der Waals surface area (Å²) < 4.78 is 5.27. The predicted molar refractivity (Wildman–Crippen MR) is 79.3 cm³/mol. The minimum atomic E-state index is -0.248. The second-order valence-electron chi connectivity index (χ2n) is 6.63. The first-order valence-electron chi connectivity index (χ1n) is 8.60. The van der Waals surface area contributed by atoms with Crippen LogP contribution in [0.3, 0.4) is 0 Å². The number of fused-ring (bicyclic) bond motifs is 1. The lowest BCUT2D eigenvalue weighted by molar-refractivity contribution is -0.141. The molecule has 0 spiro atoms. The third kappa shape index (κ3) is 4.21. The van der Waals surface area contributed by atoms with E-state index in [0.717, 1.165) is 6.42 Å². The molecule has 1 aliphatic carbocycles. The van der Waals surface area contributed by atoms with Crippen LogP contribution in [-0.4, -0.2) is 23.3 Å². The number of unbranched alkanes of at least 4 members (excludes halogenated alkanes) is 7. The zero-order valence-corrected chi connectivity index (χ0v) is 12.9. The molecule has 1 unspecified atom stereocenters. The Balaban J connectivity index is 1.56. The van der Waals surface area contributed by atoms with E-state index in [9.17, 15) is 9.90 Å². The summed E-state index contributed by atoms with van der Waals surface area (Å²) in [4.78, 5) is 11.3. The Morgan fingerprint density at radius 3 is 2.45 bits per heavy atom. The minimum Gasteiger partial charge on any atom is -0.462 e. The maximum absolute atomic E-state index is 11.3. The maximum Gasteiger partial charge on any atom is 0.306 e. The highest BCUT2D eigenvalue weighted by atomic mass is 16.6. The van der Waals surface area contributed by atoms with E-state index < -0.39 is 0 Å². The Labute approximate surface area is 123 Å². The summed E-state index contributed by atoms with van der Waals surface area (Å²) in [6, 6.07) is 0. The fourth-order valence-corrected chi connectivity index (χ4v) is 3.90. The Morgan fingerprint density at radius 2 is 1.75 bits per heavy atom. The molecule has 1 N–H and O–H groups in total. The molecule has 3 heteroatoms. The van der Waals surface area contributed by atoms with Crippen LogP contribution < -0.4 is 0 Å². The van der Waals surface area contributed by atoms with Crippen molar-refractivity contribution in [1.82, 2.24) is 0 Å². The maximum atomic E-state index is 11.3. The Morgan fingerprint density at radius 1 is 1.10 bits per heavy atom. The zero-order valence-electron chi connectivity index (χ0n) is 12.9. The third-order valence-corrected chi connectivity index (χ3v) is 5.07. The third-order valence-electron chi connectivity index (χ3n) is 5.07. The van der Waals surface area contributed by atoms with Gasteiger partial charge in [-0.05, 0) is 12.3 Å². The largest absolute Gasteiger partial charge is 0.462 e. The van der Waals surface area contributed by atoms with Gasteiger partial charge in [0.05, 0.1) is 12.5 Å². The Hall–Kier alpha value is -0.570. The molecule has 20 heavy (non-hydrogen) atoms. The molecule has 0 bridgehead atoms. The van der Waals surface area contributed by atoms with Crippen molar-refractivity contribution in [2.45, 2.75) is 89.8 Å². The van der Waals surface area contributed by atoms with Gasteiger partial charge in [-0.25, -0.2) is 0 Å². The van der Waals surface area contributed by atoms with E-state index in [0.29, 0.717) is 24.7 Å². The highest BCUT2D eigenvalue weighted by Gasteiger charge is 2.48. The molecule has 0 aromatic rings. The monoisotopic (exact) mass is 282 g/mol. The summed E-state index contributed by atoms with van der Waals surface area (Å²) in [5, 5.41) is 10.1. The lowest BCUT2D eigenvalue weighted by Gasteiger charge is -2.18. The number of hydrogen-bond donors (Lipinski definition) is 1. The lowest BCUT2D eigenvalue weighted by Crippen LogP contribution is -2.19. The van der Waals surface area contributed by atoms with Crippen LogP contribution >= 0.6 is 0 Å². The standard InChI is InChI=1S/C17H30O3/c1-2-3-4-5-6-7-8-9-10-13-14-11-17(19)20-16(14)12-15(13)18/h13-16,18H,2-12H2,1H3/t13-,14-,15-,16?/m1/s1. The van der Waals surface area contributed by atoms with E-state index in [1.807, 2.05) is 0 Å².